The molecule has 7 nitrogen and oxygen atoms in total. The molecule has 3 N–H and O–H groups in total. The fraction of sp³-hybridized carbons (Fsp3) is 0.720. The maximum Gasteiger partial charge on any atom is 0.191 e. The number of halogens is 1. The van der Waals surface area contributed by atoms with E-state index in [2.05, 4.69) is 51.6 Å². The quantitative estimate of drug-likeness (QED) is 0.240. The molecule has 0 amide bonds. The van der Waals surface area contributed by atoms with Gasteiger partial charge in [-0.05, 0) is 50.9 Å². The summed E-state index contributed by atoms with van der Waals surface area (Å²) in [7, 11) is 0. The van der Waals surface area contributed by atoms with E-state index in [0.29, 0.717) is 19.6 Å². The molecule has 1 aromatic carbocycles. The van der Waals surface area contributed by atoms with E-state index in [1.54, 1.807) is 0 Å². The molecule has 1 aromatic rings. The third-order valence-corrected chi connectivity index (χ3v) is 6.27. The zero-order valence-corrected chi connectivity index (χ0v) is 22.9. The van der Waals surface area contributed by atoms with Crippen molar-refractivity contribution < 1.29 is 9.84 Å². The second-order valence-corrected chi connectivity index (χ2v) is 9.39. The average Bonchev–Trinajstić information content (AvgIpc) is 3.06. The Labute approximate surface area is 217 Å². The summed E-state index contributed by atoms with van der Waals surface area (Å²) < 4.78 is 5.41. The number of benzene rings is 1. The molecule has 0 aliphatic carbocycles. The van der Waals surface area contributed by atoms with Gasteiger partial charge in [0.05, 0.1) is 25.4 Å². The SMILES string of the molecule is CCNC(=NCc1ccccc1CN1CCCCCC1)NCC(C)(O)CN1CCOCC1.I. The van der Waals surface area contributed by atoms with Crippen LogP contribution >= 0.6 is 24.0 Å². The lowest BCUT2D eigenvalue weighted by atomic mass is 10.1. The molecule has 8 heteroatoms. The van der Waals surface area contributed by atoms with Crippen LogP contribution in [0.4, 0.5) is 0 Å². The summed E-state index contributed by atoms with van der Waals surface area (Å²) in [6.45, 7) is 13.1. The lowest BCUT2D eigenvalue weighted by Crippen LogP contribution is -2.52. The first kappa shape index (κ1) is 28.3. The Bertz CT molecular complexity index is 702. The molecule has 2 aliphatic heterocycles. The number of aliphatic hydroxyl groups is 1. The summed E-state index contributed by atoms with van der Waals surface area (Å²) in [5.74, 6) is 0.749. The number of nitrogens with one attached hydrogen (secondary N) is 2. The largest absolute Gasteiger partial charge is 0.387 e. The molecule has 1 unspecified atom stereocenters. The van der Waals surface area contributed by atoms with E-state index in [1.807, 2.05) is 6.92 Å². The highest BCUT2D eigenvalue weighted by Gasteiger charge is 2.25. The van der Waals surface area contributed by atoms with E-state index in [0.717, 1.165) is 45.4 Å². The van der Waals surface area contributed by atoms with Gasteiger partial charge in [-0.15, -0.1) is 24.0 Å². The number of ether oxygens (including phenoxy) is 1. The molecule has 188 valence electrons. The van der Waals surface area contributed by atoms with E-state index in [9.17, 15) is 5.11 Å². The Morgan fingerprint density at radius 2 is 1.67 bits per heavy atom. The van der Waals surface area contributed by atoms with E-state index in [4.69, 9.17) is 9.73 Å². The summed E-state index contributed by atoms with van der Waals surface area (Å²) in [5.41, 5.74) is 1.81. The van der Waals surface area contributed by atoms with Crippen LogP contribution in [0.3, 0.4) is 0 Å². The molecule has 2 fully saturated rings. The highest BCUT2D eigenvalue weighted by molar-refractivity contribution is 14.0. The van der Waals surface area contributed by atoms with Gasteiger partial charge in [0.15, 0.2) is 5.96 Å². The van der Waals surface area contributed by atoms with Gasteiger partial charge in [-0.1, -0.05) is 37.1 Å². The van der Waals surface area contributed by atoms with Gasteiger partial charge in [-0.2, -0.15) is 0 Å². The smallest absolute Gasteiger partial charge is 0.191 e. The number of morpholine rings is 1. The van der Waals surface area contributed by atoms with Crippen LogP contribution in [0.15, 0.2) is 29.3 Å². The van der Waals surface area contributed by atoms with Crippen molar-refractivity contribution in [2.24, 2.45) is 4.99 Å². The molecule has 0 saturated carbocycles. The summed E-state index contributed by atoms with van der Waals surface area (Å²) in [5, 5.41) is 17.6. The van der Waals surface area contributed by atoms with Crippen molar-refractivity contribution >= 4 is 29.9 Å². The van der Waals surface area contributed by atoms with Gasteiger partial charge in [0.2, 0.25) is 0 Å². The molecule has 3 rings (SSSR count). The summed E-state index contributed by atoms with van der Waals surface area (Å²) in [6, 6.07) is 8.66. The second-order valence-electron chi connectivity index (χ2n) is 9.39. The first-order valence-electron chi connectivity index (χ1n) is 12.4. The molecule has 1 atom stereocenters. The molecule has 0 aromatic heterocycles. The topological polar surface area (TPSA) is 72.4 Å². The Morgan fingerprint density at radius 3 is 2.33 bits per heavy atom. The van der Waals surface area contributed by atoms with Gasteiger partial charge in [0, 0.05) is 39.3 Å². The number of hydrogen-bond acceptors (Lipinski definition) is 5. The Balaban J connectivity index is 0.00000385. The van der Waals surface area contributed by atoms with Crippen LogP contribution in [-0.2, 0) is 17.8 Å². The van der Waals surface area contributed by atoms with Crippen molar-refractivity contribution in [3.05, 3.63) is 35.4 Å². The van der Waals surface area contributed by atoms with Gasteiger partial charge in [0.25, 0.3) is 0 Å². The number of rotatable bonds is 9. The van der Waals surface area contributed by atoms with Crippen molar-refractivity contribution in [2.75, 3.05) is 59.0 Å². The standard InChI is InChI=1S/C25H43N5O2.HI/c1-3-26-24(28-20-25(2,31)21-30-14-16-32-17-15-30)27-18-22-10-6-7-11-23(22)19-29-12-8-4-5-9-13-29;/h6-7,10-11,31H,3-5,8-9,12-21H2,1-2H3,(H2,26,27,28);1H. The monoisotopic (exact) mass is 573 g/mol. The fourth-order valence-corrected chi connectivity index (χ4v) is 4.48. The average molecular weight is 574 g/mol. The van der Waals surface area contributed by atoms with E-state index in [1.165, 1.54) is 49.9 Å². The second kappa shape index (κ2) is 15.1. The molecule has 33 heavy (non-hydrogen) atoms. The van der Waals surface area contributed by atoms with Gasteiger partial charge in [0.1, 0.15) is 0 Å². The van der Waals surface area contributed by atoms with Crippen LogP contribution < -0.4 is 10.6 Å². The number of β-amino-alcohol motifs (C(OH)–C–C–N with tert-alkyl or cyclic N) is 1. The lowest BCUT2D eigenvalue weighted by Gasteiger charge is -2.34. The molecular weight excluding hydrogens is 529 g/mol. The highest BCUT2D eigenvalue weighted by atomic mass is 127. The summed E-state index contributed by atoms with van der Waals surface area (Å²) >= 11 is 0. The third kappa shape index (κ3) is 10.5. The van der Waals surface area contributed by atoms with Crippen molar-refractivity contribution in [3.63, 3.8) is 0 Å². The molecule has 2 heterocycles. The summed E-state index contributed by atoms with van der Waals surface area (Å²) in [6.07, 6.45) is 5.32. The van der Waals surface area contributed by atoms with E-state index >= 15 is 0 Å². The van der Waals surface area contributed by atoms with Crippen LogP contribution in [0.2, 0.25) is 0 Å². The first-order valence-corrected chi connectivity index (χ1v) is 12.4. The van der Waals surface area contributed by atoms with Gasteiger partial charge < -0.3 is 20.5 Å². The van der Waals surface area contributed by atoms with Crippen LogP contribution in [0, 0.1) is 0 Å². The minimum Gasteiger partial charge on any atom is -0.387 e. The highest BCUT2D eigenvalue weighted by Crippen LogP contribution is 2.17. The van der Waals surface area contributed by atoms with Gasteiger partial charge in [-0.3, -0.25) is 9.80 Å². The fourth-order valence-electron chi connectivity index (χ4n) is 4.48. The number of hydrogen-bond donors (Lipinski definition) is 3. The van der Waals surface area contributed by atoms with Crippen LogP contribution in [0.25, 0.3) is 0 Å². The Hall–Kier alpha value is -0.940. The molecule has 0 bridgehead atoms. The summed E-state index contributed by atoms with van der Waals surface area (Å²) in [4.78, 5) is 9.68. The van der Waals surface area contributed by atoms with Crippen LogP contribution in [-0.4, -0.2) is 85.5 Å². The van der Waals surface area contributed by atoms with Crippen molar-refractivity contribution in [2.45, 2.75) is 58.2 Å². The maximum atomic E-state index is 10.9. The predicted molar refractivity (Wildman–Crippen MR) is 146 cm³/mol. The number of nitrogens with zero attached hydrogens (tertiary/aromatic N) is 3. The minimum atomic E-state index is -0.835. The molecular formula is C25H44IN5O2. The predicted octanol–water partition coefficient (Wildman–Crippen LogP) is 2.82. The van der Waals surface area contributed by atoms with Gasteiger partial charge >= 0.3 is 0 Å². The zero-order chi connectivity index (χ0) is 22.7. The van der Waals surface area contributed by atoms with Gasteiger partial charge in [-0.25, -0.2) is 4.99 Å². The normalized spacial score (nSPS) is 20.4. The Kier molecular flexibility index (Phi) is 13.0. The van der Waals surface area contributed by atoms with Crippen molar-refractivity contribution in [1.82, 2.24) is 20.4 Å². The number of guanidine groups is 1. The third-order valence-electron chi connectivity index (χ3n) is 6.27. The number of likely N-dealkylation sites (tertiary alicyclic amines) is 1. The molecule has 2 aliphatic rings. The molecule has 2 saturated heterocycles. The van der Waals surface area contributed by atoms with Crippen LogP contribution in [0.1, 0.15) is 50.7 Å². The van der Waals surface area contributed by atoms with Crippen LogP contribution in [0.5, 0.6) is 0 Å². The first-order chi connectivity index (χ1) is 15.6. The Morgan fingerprint density at radius 1 is 1.00 bits per heavy atom. The van der Waals surface area contributed by atoms with E-state index in [-0.39, 0.29) is 24.0 Å². The minimum absolute atomic E-state index is 0. The molecule has 0 spiro atoms. The molecule has 0 radical (unpaired) electrons. The van der Waals surface area contributed by atoms with E-state index < -0.39 is 5.60 Å². The maximum absolute atomic E-state index is 10.9. The number of aliphatic imine (C=N–C) groups is 1. The zero-order valence-electron chi connectivity index (χ0n) is 20.5. The van der Waals surface area contributed by atoms with Crippen molar-refractivity contribution in [1.29, 1.82) is 0 Å². The lowest BCUT2D eigenvalue weighted by molar-refractivity contribution is -0.0201. The van der Waals surface area contributed by atoms with Crippen molar-refractivity contribution in [3.8, 4) is 0 Å².